The number of likely N-dealkylation sites (tertiary alicyclic amines) is 1. The van der Waals surface area contributed by atoms with E-state index >= 15 is 0 Å². The predicted octanol–water partition coefficient (Wildman–Crippen LogP) is 3.14. The van der Waals surface area contributed by atoms with Gasteiger partial charge < -0.3 is 15.0 Å². The monoisotopic (exact) mass is 429 g/mol. The molecule has 2 N–H and O–H groups in total. The first kappa shape index (κ1) is 20.0. The number of hydrogen-bond acceptors (Lipinski definition) is 5. The van der Waals surface area contributed by atoms with Crippen molar-refractivity contribution in [3.05, 3.63) is 82.0 Å². The molecule has 5 rings (SSSR count). The van der Waals surface area contributed by atoms with Crippen LogP contribution < -0.4 is 5.56 Å². The largest absolute Gasteiger partial charge is 0.505 e. The number of rotatable bonds is 3. The summed E-state index contributed by atoms with van der Waals surface area (Å²) in [5.41, 5.74) is 2.85. The Morgan fingerprint density at radius 1 is 1.09 bits per heavy atom. The number of para-hydroxylation sites is 2. The van der Waals surface area contributed by atoms with Crippen LogP contribution in [0.1, 0.15) is 40.6 Å². The molecular weight excluding hydrogens is 406 g/mol. The summed E-state index contributed by atoms with van der Waals surface area (Å²) in [7, 11) is 0. The molecule has 0 spiro atoms. The van der Waals surface area contributed by atoms with Crippen LogP contribution in [0.2, 0.25) is 0 Å². The van der Waals surface area contributed by atoms with Crippen molar-refractivity contribution in [2.45, 2.75) is 25.7 Å². The van der Waals surface area contributed by atoms with Gasteiger partial charge in [-0.05, 0) is 49.6 Å². The number of piperidine rings is 1. The molecule has 1 aliphatic rings. The van der Waals surface area contributed by atoms with Crippen LogP contribution in [0.15, 0.2) is 59.4 Å². The topological polar surface area (TPSA) is 104 Å². The van der Waals surface area contributed by atoms with Crippen molar-refractivity contribution in [1.29, 1.82) is 0 Å². The third-order valence-electron chi connectivity index (χ3n) is 5.94. The second-order valence-electron chi connectivity index (χ2n) is 8.17. The average molecular weight is 429 g/mol. The molecule has 1 aliphatic heterocycles. The Morgan fingerprint density at radius 3 is 2.62 bits per heavy atom. The molecule has 8 nitrogen and oxygen atoms in total. The van der Waals surface area contributed by atoms with Gasteiger partial charge in [-0.1, -0.05) is 24.3 Å². The Morgan fingerprint density at radius 2 is 1.88 bits per heavy atom. The molecule has 4 aromatic rings. The number of H-pyrrole nitrogens is 1. The molecule has 0 bridgehead atoms. The first-order valence-electron chi connectivity index (χ1n) is 10.6. The smallest absolute Gasteiger partial charge is 0.278 e. The van der Waals surface area contributed by atoms with E-state index in [1.807, 2.05) is 43.3 Å². The third-order valence-corrected chi connectivity index (χ3v) is 5.94. The highest BCUT2D eigenvalue weighted by Crippen LogP contribution is 2.29. The molecule has 2 aromatic heterocycles. The quantitative estimate of drug-likeness (QED) is 0.521. The number of carbonyl (C=O) groups is 1. The SMILES string of the molecule is Cc1cccc(-n2nc(C(=O)N3CCC(c4nc5ccccc5[nH]4)CC3)c(O)cc2=O)c1. The fourth-order valence-corrected chi connectivity index (χ4v) is 4.22. The van der Waals surface area contributed by atoms with Gasteiger partial charge in [0.25, 0.3) is 11.5 Å². The summed E-state index contributed by atoms with van der Waals surface area (Å²) in [5, 5.41) is 14.5. The summed E-state index contributed by atoms with van der Waals surface area (Å²) in [6, 6.07) is 16.2. The van der Waals surface area contributed by atoms with E-state index in [2.05, 4.69) is 10.1 Å². The van der Waals surface area contributed by atoms with Crippen molar-refractivity contribution in [3.8, 4) is 11.4 Å². The number of fused-ring (bicyclic) bond motifs is 1. The van der Waals surface area contributed by atoms with Crippen molar-refractivity contribution >= 4 is 16.9 Å². The Bertz CT molecular complexity index is 1330. The second-order valence-corrected chi connectivity index (χ2v) is 8.17. The van der Waals surface area contributed by atoms with E-state index in [1.165, 1.54) is 0 Å². The molecule has 2 aromatic carbocycles. The molecule has 8 heteroatoms. The van der Waals surface area contributed by atoms with Crippen molar-refractivity contribution in [2.75, 3.05) is 13.1 Å². The Kier molecular flexibility index (Phi) is 4.97. The molecule has 0 saturated carbocycles. The Balaban J connectivity index is 1.36. The van der Waals surface area contributed by atoms with E-state index in [4.69, 9.17) is 4.98 Å². The van der Waals surface area contributed by atoms with Gasteiger partial charge in [-0.2, -0.15) is 9.78 Å². The van der Waals surface area contributed by atoms with Gasteiger partial charge in [0.2, 0.25) is 0 Å². The number of amides is 1. The molecule has 0 unspecified atom stereocenters. The molecule has 1 amide bonds. The first-order valence-corrected chi connectivity index (χ1v) is 10.6. The van der Waals surface area contributed by atoms with E-state index in [1.54, 1.807) is 17.0 Å². The summed E-state index contributed by atoms with van der Waals surface area (Å²) in [6.07, 6.45) is 1.51. The number of aromatic nitrogens is 4. The van der Waals surface area contributed by atoms with Gasteiger partial charge in [-0.15, -0.1) is 0 Å². The van der Waals surface area contributed by atoms with Crippen molar-refractivity contribution in [3.63, 3.8) is 0 Å². The van der Waals surface area contributed by atoms with Gasteiger partial charge in [0.1, 0.15) is 5.82 Å². The number of benzene rings is 2. The zero-order chi connectivity index (χ0) is 22.2. The van der Waals surface area contributed by atoms with E-state index in [0.29, 0.717) is 18.8 Å². The summed E-state index contributed by atoms with van der Waals surface area (Å²) in [4.78, 5) is 35.3. The lowest BCUT2D eigenvalue weighted by molar-refractivity contribution is 0.0699. The van der Waals surface area contributed by atoms with Crippen molar-refractivity contribution < 1.29 is 9.90 Å². The fraction of sp³-hybridized carbons (Fsp3) is 0.250. The normalized spacial score (nSPS) is 14.7. The number of aryl methyl sites for hydroxylation is 1. The van der Waals surface area contributed by atoms with E-state index in [0.717, 1.165) is 46.0 Å². The summed E-state index contributed by atoms with van der Waals surface area (Å²) < 4.78 is 1.15. The fourth-order valence-electron chi connectivity index (χ4n) is 4.22. The number of nitrogens with zero attached hydrogens (tertiary/aromatic N) is 4. The molecule has 32 heavy (non-hydrogen) atoms. The van der Waals surface area contributed by atoms with Crippen LogP contribution in [0.5, 0.6) is 5.75 Å². The number of hydrogen-bond donors (Lipinski definition) is 2. The van der Waals surface area contributed by atoms with E-state index in [9.17, 15) is 14.7 Å². The van der Waals surface area contributed by atoms with Gasteiger partial charge >= 0.3 is 0 Å². The highest BCUT2D eigenvalue weighted by molar-refractivity contribution is 5.94. The zero-order valence-electron chi connectivity index (χ0n) is 17.7. The molecule has 162 valence electrons. The number of carbonyl (C=O) groups excluding carboxylic acids is 1. The minimum atomic E-state index is -0.492. The maximum absolute atomic E-state index is 13.1. The molecule has 1 fully saturated rings. The maximum Gasteiger partial charge on any atom is 0.278 e. The van der Waals surface area contributed by atoms with Crippen LogP contribution in [0, 0.1) is 6.92 Å². The highest BCUT2D eigenvalue weighted by atomic mass is 16.3. The summed E-state index contributed by atoms with van der Waals surface area (Å²) >= 11 is 0. The molecule has 0 atom stereocenters. The van der Waals surface area contributed by atoms with Gasteiger partial charge in [0.05, 0.1) is 16.7 Å². The minimum Gasteiger partial charge on any atom is -0.505 e. The molecule has 0 aliphatic carbocycles. The molecular formula is C24H23N5O3. The average Bonchev–Trinajstić information content (AvgIpc) is 3.23. The van der Waals surface area contributed by atoms with Crippen LogP contribution >= 0.6 is 0 Å². The Hall–Kier alpha value is -3.94. The van der Waals surface area contributed by atoms with E-state index in [-0.39, 0.29) is 17.5 Å². The van der Waals surface area contributed by atoms with Crippen LogP contribution in [-0.2, 0) is 0 Å². The van der Waals surface area contributed by atoms with Gasteiger partial charge in [0, 0.05) is 25.1 Å². The van der Waals surface area contributed by atoms with Crippen LogP contribution in [-0.4, -0.2) is 48.8 Å². The van der Waals surface area contributed by atoms with Gasteiger partial charge in [-0.25, -0.2) is 4.98 Å². The number of nitrogens with one attached hydrogen (secondary N) is 1. The predicted molar refractivity (Wildman–Crippen MR) is 120 cm³/mol. The first-order chi connectivity index (χ1) is 15.5. The van der Waals surface area contributed by atoms with Crippen LogP contribution in [0.25, 0.3) is 16.7 Å². The molecule has 0 radical (unpaired) electrons. The standard InChI is InChI=1S/C24H23N5O3/c1-15-5-4-6-17(13-15)29-21(31)14-20(30)22(27-29)24(32)28-11-9-16(10-12-28)23-25-18-7-2-3-8-19(18)26-23/h2-8,13-14,16,30H,9-12H2,1H3,(H,25,26). The third kappa shape index (κ3) is 3.64. The van der Waals surface area contributed by atoms with Crippen LogP contribution in [0.4, 0.5) is 0 Å². The summed E-state index contributed by atoms with van der Waals surface area (Å²) in [5.74, 6) is 0.386. The van der Waals surface area contributed by atoms with E-state index < -0.39 is 11.3 Å². The molecule has 1 saturated heterocycles. The number of imidazole rings is 1. The van der Waals surface area contributed by atoms with Crippen molar-refractivity contribution in [1.82, 2.24) is 24.6 Å². The summed E-state index contributed by atoms with van der Waals surface area (Å²) in [6.45, 7) is 2.95. The lowest BCUT2D eigenvalue weighted by Crippen LogP contribution is -2.39. The lowest BCUT2D eigenvalue weighted by atomic mass is 9.96. The molecule has 3 heterocycles. The zero-order valence-corrected chi connectivity index (χ0v) is 17.7. The maximum atomic E-state index is 13.1. The number of aromatic amines is 1. The van der Waals surface area contributed by atoms with Crippen LogP contribution in [0.3, 0.4) is 0 Å². The minimum absolute atomic E-state index is 0.117. The van der Waals surface area contributed by atoms with Gasteiger partial charge in [0.15, 0.2) is 11.4 Å². The second kappa shape index (κ2) is 7.96. The van der Waals surface area contributed by atoms with Gasteiger partial charge in [-0.3, -0.25) is 9.59 Å². The highest BCUT2D eigenvalue weighted by Gasteiger charge is 2.29. The van der Waals surface area contributed by atoms with Crippen molar-refractivity contribution in [2.24, 2.45) is 0 Å². The number of aromatic hydroxyl groups is 1. The Labute approximate surface area is 184 Å². The lowest BCUT2D eigenvalue weighted by Gasteiger charge is -2.31.